The number of piperazine rings is 1. The second kappa shape index (κ2) is 9.61. The van der Waals surface area contributed by atoms with Gasteiger partial charge in [0, 0.05) is 32.2 Å². The Bertz CT molecular complexity index is 1300. The molecule has 1 aromatic carbocycles. The Labute approximate surface area is 205 Å². The van der Waals surface area contributed by atoms with E-state index >= 15 is 0 Å². The number of imide groups is 1. The molecule has 0 spiro atoms. The van der Waals surface area contributed by atoms with Crippen molar-refractivity contribution in [3.05, 3.63) is 53.7 Å². The first-order chi connectivity index (χ1) is 16.9. The third kappa shape index (κ3) is 5.33. The monoisotopic (exact) mass is 504 g/mol. The van der Waals surface area contributed by atoms with Gasteiger partial charge in [-0.05, 0) is 39.0 Å². The maximum atomic E-state index is 14.0. The molecule has 0 atom stereocenters. The first-order valence-electron chi connectivity index (χ1n) is 11.2. The molecule has 0 unspecified atom stereocenters. The van der Waals surface area contributed by atoms with E-state index in [9.17, 15) is 23.2 Å². The molecule has 10 nitrogen and oxygen atoms in total. The Morgan fingerprint density at radius 1 is 1.11 bits per heavy atom. The number of nitrogens with zero attached hydrogens (tertiary/aromatic N) is 3. The predicted molar refractivity (Wildman–Crippen MR) is 124 cm³/mol. The number of halogens is 2. The second-order valence-corrected chi connectivity index (χ2v) is 9.37. The highest BCUT2D eigenvalue weighted by Crippen LogP contribution is 2.32. The predicted octanol–water partition coefficient (Wildman–Crippen LogP) is 4.08. The molecule has 1 aliphatic heterocycles. The van der Waals surface area contributed by atoms with Crippen LogP contribution in [0.4, 0.5) is 24.1 Å². The van der Waals surface area contributed by atoms with Crippen molar-refractivity contribution in [1.82, 2.24) is 9.80 Å². The van der Waals surface area contributed by atoms with E-state index in [2.05, 4.69) is 0 Å². The topological polar surface area (TPSA) is 122 Å². The van der Waals surface area contributed by atoms with Gasteiger partial charge in [-0.1, -0.05) is 0 Å². The number of rotatable bonds is 4. The van der Waals surface area contributed by atoms with Crippen LogP contribution in [0.25, 0.3) is 11.0 Å². The Morgan fingerprint density at radius 3 is 2.44 bits per heavy atom. The van der Waals surface area contributed by atoms with E-state index in [-0.39, 0.29) is 28.5 Å². The Morgan fingerprint density at radius 2 is 1.81 bits per heavy atom. The van der Waals surface area contributed by atoms with E-state index in [0.717, 1.165) is 12.3 Å². The van der Waals surface area contributed by atoms with Crippen LogP contribution >= 0.6 is 0 Å². The van der Waals surface area contributed by atoms with Crippen LogP contribution in [0.2, 0.25) is 0 Å². The molecule has 0 radical (unpaired) electrons. The summed E-state index contributed by atoms with van der Waals surface area (Å²) in [5, 5.41) is -0.130. The second-order valence-electron chi connectivity index (χ2n) is 9.37. The quantitative estimate of drug-likeness (QED) is 0.568. The van der Waals surface area contributed by atoms with Crippen LogP contribution in [-0.2, 0) is 11.3 Å². The molecule has 4 amide bonds. The Balaban J connectivity index is 1.44. The molecule has 1 aliphatic rings. The smallest absolute Gasteiger partial charge is 0.410 e. The highest BCUT2D eigenvalue weighted by molar-refractivity contribution is 6.22. The average Bonchev–Trinajstić information content (AvgIpc) is 3.41. The summed E-state index contributed by atoms with van der Waals surface area (Å²) in [5.74, 6) is -2.56. The standard InChI is InChI=1S/C24H26F2N4O6/c1-24(2,3)36-23(33)29-8-6-28(7-9-29)12-15-4-5-19(35-15)21(31)30(22(27)32)18-13-34-20-16(18)10-14(25)11-17(20)26/h4-5,10-11,13H,6-9,12H2,1-3H3,(H2,27,32). The number of anilines is 1. The summed E-state index contributed by atoms with van der Waals surface area (Å²) in [5.41, 5.74) is 4.30. The van der Waals surface area contributed by atoms with Gasteiger partial charge in [-0.15, -0.1) is 0 Å². The van der Waals surface area contributed by atoms with Gasteiger partial charge < -0.3 is 24.2 Å². The van der Waals surface area contributed by atoms with E-state index in [4.69, 9.17) is 19.3 Å². The Hall–Kier alpha value is -3.93. The molecular formula is C24H26F2N4O6. The van der Waals surface area contributed by atoms with E-state index in [0.29, 0.717) is 49.5 Å². The van der Waals surface area contributed by atoms with E-state index in [1.165, 1.54) is 6.07 Å². The molecule has 2 aromatic heterocycles. The van der Waals surface area contributed by atoms with Crippen LogP contribution in [0.5, 0.6) is 0 Å². The lowest BCUT2D eigenvalue weighted by atomic mass is 10.2. The van der Waals surface area contributed by atoms with E-state index < -0.39 is 29.2 Å². The van der Waals surface area contributed by atoms with Crippen molar-refractivity contribution in [2.75, 3.05) is 31.1 Å². The zero-order valence-electron chi connectivity index (χ0n) is 20.0. The third-order valence-electron chi connectivity index (χ3n) is 5.51. The van der Waals surface area contributed by atoms with Crippen molar-refractivity contribution in [1.29, 1.82) is 0 Å². The van der Waals surface area contributed by atoms with E-state index in [1.54, 1.807) is 11.0 Å². The van der Waals surface area contributed by atoms with Crippen LogP contribution in [0.15, 0.2) is 39.4 Å². The number of amides is 4. The van der Waals surface area contributed by atoms with Gasteiger partial charge in [-0.3, -0.25) is 9.69 Å². The van der Waals surface area contributed by atoms with Gasteiger partial charge in [0.15, 0.2) is 17.2 Å². The SMILES string of the molecule is CC(C)(C)OC(=O)N1CCN(Cc2ccc(C(=O)N(C(N)=O)c3coc4c(F)cc(F)cc34)o2)CC1. The number of carbonyl (C=O) groups excluding carboxylic acids is 3. The van der Waals surface area contributed by atoms with Crippen molar-refractivity contribution in [2.45, 2.75) is 32.9 Å². The molecule has 0 aliphatic carbocycles. The number of nitrogens with two attached hydrogens (primary N) is 1. The molecule has 0 saturated carbocycles. The number of urea groups is 1. The first-order valence-corrected chi connectivity index (χ1v) is 11.2. The number of primary amides is 1. The van der Waals surface area contributed by atoms with Gasteiger partial charge in [0.2, 0.25) is 0 Å². The molecule has 4 rings (SSSR count). The number of hydrogen-bond acceptors (Lipinski definition) is 7. The minimum absolute atomic E-state index is 0.130. The van der Waals surface area contributed by atoms with Gasteiger partial charge in [0.05, 0.1) is 11.9 Å². The molecule has 192 valence electrons. The van der Waals surface area contributed by atoms with Gasteiger partial charge >= 0.3 is 18.0 Å². The zero-order chi connectivity index (χ0) is 26.2. The summed E-state index contributed by atoms with van der Waals surface area (Å²) in [7, 11) is 0. The summed E-state index contributed by atoms with van der Waals surface area (Å²) in [6, 6.07) is 3.35. The molecule has 3 aromatic rings. The normalized spacial score (nSPS) is 14.8. The van der Waals surface area contributed by atoms with Crippen molar-refractivity contribution in [3.8, 4) is 0 Å². The molecule has 36 heavy (non-hydrogen) atoms. The van der Waals surface area contributed by atoms with Crippen LogP contribution in [0.3, 0.4) is 0 Å². The van der Waals surface area contributed by atoms with Crippen LogP contribution in [-0.4, -0.2) is 59.6 Å². The fraction of sp³-hybridized carbons (Fsp3) is 0.375. The summed E-state index contributed by atoms with van der Waals surface area (Å²) < 4.78 is 43.9. The summed E-state index contributed by atoms with van der Waals surface area (Å²) in [6.45, 7) is 7.85. The maximum Gasteiger partial charge on any atom is 0.410 e. The van der Waals surface area contributed by atoms with Crippen molar-refractivity contribution >= 4 is 34.7 Å². The highest BCUT2D eigenvalue weighted by atomic mass is 19.1. The number of benzene rings is 1. The molecular weight excluding hydrogens is 478 g/mol. The summed E-state index contributed by atoms with van der Waals surface area (Å²) >= 11 is 0. The molecule has 1 saturated heterocycles. The number of ether oxygens (including phenoxy) is 1. The first kappa shape index (κ1) is 25.2. The van der Waals surface area contributed by atoms with Gasteiger partial charge in [-0.2, -0.15) is 0 Å². The lowest BCUT2D eigenvalue weighted by Gasteiger charge is -2.35. The minimum atomic E-state index is -1.18. The highest BCUT2D eigenvalue weighted by Gasteiger charge is 2.30. The molecule has 0 bridgehead atoms. The molecule has 2 N–H and O–H groups in total. The van der Waals surface area contributed by atoms with Crippen molar-refractivity contribution in [2.24, 2.45) is 5.73 Å². The summed E-state index contributed by atoms with van der Waals surface area (Å²) in [4.78, 5) is 41.6. The van der Waals surface area contributed by atoms with Crippen LogP contribution in [0.1, 0.15) is 37.1 Å². The molecule has 3 heterocycles. The maximum absolute atomic E-state index is 14.0. The lowest BCUT2D eigenvalue weighted by molar-refractivity contribution is 0.0134. The van der Waals surface area contributed by atoms with Gasteiger partial charge in [0.25, 0.3) is 0 Å². The lowest BCUT2D eigenvalue weighted by Crippen LogP contribution is -2.49. The Kier molecular flexibility index (Phi) is 6.72. The molecule has 1 fully saturated rings. The molecule has 12 heteroatoms. The number of fused-ring (bicyclic) bond motifs is 1. The third-order valence-corrected chi connectivity index (χ3v) is 5.51. The number of furan rings is 2. The van der Waals surface area contributed by atoms with Crippen molar-refractivity contribution in [3.63, 3.8) is 0 Å². The number of carbonyl (C=O) groups is 3. The van der Waals surface area contributed by atoms with Gasteiger partial charge in [-0.25, -0.2) is 23.3 Å². The minimum Gasteiger partial charge on any atom is -0.459 e. The zero-order valence-corrected chi connectivity index (χ0v) is 20.0. The van der Waals surface area contributed by atoms with Crippen LogP contribution < -0.4 is 10.6 Å². The summed E-state index contributed by atoms with van der Waals surface area (Å²) in [6.07, 6.45) is 0.579. The van der Waals surface area contributed by atoms with Crippen molar-refractivity contribution < 1.29 is 36.7 Å². The number of hydrogen-bond donors (Lipinski definition) is 1. The largest absolute Gasteiger partial charge is 0.459 e. The fourth-order valence-electron chi connectivity index (χ4n) is 3.87. The average molecular weight is 504 g/mol. The van der Waals surface area contributed by atoms with Crippen LogP contribution in [0, 0.1) is 11.6 Å². The van der Waals surface area contributed by atoms with Gasteiger partial charge in [0.1, 0.15) is 29.1 Å². The fourth-order valence-corrected chi connectivity index (χ4v) is 3.87. The van der Waals surface area contributed by atoms with E-state index in [1.807, 2.05) is 25.7 Å².